The van der Waals surface area contributed by atoms with E-state index < -0.39 is 0 Å². The van der Waals surface area contributed by atoms with Gasteiger partial charge in [-0.15, -0.1) is 0 Å². The van der Waals surface area contributed by atoms with E-state index in [1.807, 2.05) is 0 Å². The quantitative estimate of drug-likeness (QED) is 0.317. The van der Waals surface area contributed by atoms with Crippen molar-refractivity contribution in [2.75, 3.05) is 0 Å². The van der Waals surface area contributed by atoms with Crippen LogP contribution in [-0.4, -0.2) is 11.2 Å². The summed E-state index contributed by atoms with van der Waals surface area (Å²) in [7, 11) is 0. The lowest BCUT2D eigenvalue weighted by atomic mass is 9.64. The summed E-state index contributed by atoms with van der Waals surface area (Å²) in [6.07, 6.45) is 30.8. The average Bonchev–Trinajstić information content (AvgIpc) is 3.45. The molecular formula is C35H62O. The van der Waals surface area contributed by atoms with Crippen LogP contribution in [0.15, 0.2) is 0 Å². The van der Waals surface area contributed by atoms with Gasteiger partial charge >= 0.3 is 0 Å². The fourth-order valence-electron chi connectivity index (χ4n) is 11.4. The van der Waals surface area contributed by atoms with E-state index in [1.54, 1.807) is 0 Å². The fraction of sp³-hybridized carbons (Fsp3) is 1.00. The van der Waals surface area contributed by atoms with Gasteiger partial charge < -0.3 is 5.11 Å². The highest BCUT2D eigenvalue weighted by atomic mass is 16.3. The molecular weight excluding hydrogens is 436 g/mol. The van der Waals surface area contributed by atoms with Crippen LogP contribution < -0.4 is 0 Å². The molecule has 0 aromatic rings. The molecule has 5 aliphatic carbocycles. The van der Waals surface area contributed by atoms with Crippen molar-refractivity contribution in [1.82, 2.24) is 0 Å². The first-order chi connectivity index (χ1) is 17.5. The lowest BCUT2D eigenvalue weighted by Gasteiger charge is -2.42. The Bertz CT molecular complexity index is 658. The molecule has 0 spiro atoms. The zero-order chi connectivity index (χ0) is 25.1. The molecule has 0 aromatic carbocycles. The number of hydrogen-bond donors (Lipinski definition) is 1. The lowest BCUT2D eigenvalue weighted by Crippen LogP contribution is -2.39. The van der Waals surface area contributed by atoms with Gasteiger partial charge in [0.05, 0.1) is 6.10 Å². The Balaban J connectivity index is 1.13. The van der Waals surface area contributed by atoms with Crippen LogP contribution in [0.1, 0.15) is 156 Å². The van der Waals surface area contributed by atoms with Gasteiger partial charge in [0.25, 0.3) is 0 Å². The monoisotopic (exact) mass is 498 g/mol. The largest absolute Gasteiger partial charge is 0.393 e. The van der Waals surface area contributed by atoms with Crippen molar-refractivity contribution in [3.63, 3.8) is 0 Å². The first kappa shape index (κ1) is 27.5. The van der Waals surface area contributed by atoms with E-state index in [0.717, 1.165) is 46.8 Å². The maximum atomic E-state index is 11.6. The molecule has 5 rings (SSSR count). The van der Waals surface area contributed by atoms with Crippen LogP contribution in [0.4, 0.5) is 0 Å². The second kappa shape index (κ2) is 12.4. The van der Waals surface area contributed by atoms with Gasteiger partial charge in [0.15, 0.2) is 0 Å². The molecule has 0 aliphatic heterocycles. The van der Waals surface area contributed by atoms with Gasteiger partial charge in [-0.2, -0.15) is 0 Å². The van der Waals surface area contributed by atoms with Crippen LogP contribution in [0.5, 0.6) is 0 Å². The third-order valence-electron chi connectivity index (χ3n) is 13.1. The normalized spacial score (nSPS) is 43.2. The molecule has 5 saturated carbocycles. The van der Waals surface area contributed by atoms with E-state index in [0.29, 0.717) is 11.8 Å². The van der Waals surface area contributed by atoms with E-state index in [1.165, 1.54) is 135 Å². The fourth-order valence-corrected chi connectivity index (χ4v) is 11.4. The highest BCUT2D eigenvalue weighted by Gasteiger charge is 2.53. The minimum absolute atomic E-state index is 0.0180. The molecule has 1 heteroatoms. The van der Waals surface area contributed by atoms with Gasteiger partial charge in [-0.25, -0.2) is 0 Å². The Morgan fingerprint density at radius 3 is 2.33 bits per heavy atom. The molecule has 36 heavy (non-hydrogen) atoms. The Morgan fingerprint density at radius 2 is 1.56 bits per heavy atom. The third kappa shape index (κ3) is 5.92. The Kier molecular flexibility index (Phi) is 9.50. The Morgan fingerprint density at radius 1 is 0.778 bits per heavy atom. The highest BCUT2D eigenvalue weighted by Crippen LogP contribution is 2.58. The highest BCUT2D eigenvalue weighted by molar-refractivity contribution is 5.02. The number of hydrogen-bond acceptors (Lipinski definition) is 1. The van der Waals surface area contributed by atoms with Gasteiger partial charge in [0.1, 0.15) is 0 Å². The van der Waals surface area contributed by atoms with Crippen LogP contribution >= 0.6 is 0 Å². The average molecular weight is 499 g/mol. The summed E-state index contributed by atoms with van der Waals surface area (Å²) in [5.41, 5.74) is 0.720. The van der Waals surface area contributed by atoms with Crippen LogP contribution in [0.2, 0.25) is 0 Å². The Hall–Kier alpha value is -0.0400. The molecule has 0 aromatic heterocycles. The van der Waals surface area contributed by atoms with Gasteiger partial charge in [0.2, 0.25) is 0 Å². The van der Waals surface area contributed by atoms with Crippen LogP contribution in [0, 0.1) is 58.7 Å². The second-order valence-corrected chi connectivity index (χ2v) is 15.3. The van der Waals surface area contributed by atoms with Gasteiger partial charge in [-0.3, -0.25) is 0 Å². The van der Waals surface area contributed by atoms with Gasteiger partial charge in [-0.1, -0.05) is 97.8 Å². The zero-order valence-electron chi connectivity index (χ0n) is 24.6. The molecule has 5 aliphatic rings. The van der Waals surface area contributed by atoms with Crippen LogP contribution in [0.25, 0.3) is 0 Å². The van der Waals surface area contributed by atoms with E-state index >= 15 is 0 Å². The van der Waals surface area contributed by atoms with Crippen LogP contribution in [-0.2, 0) is 0 Å². The van der Waals surface area contributed by atoms with Crippen molar-refractivity contribution >= 4 is 0 Å². The van der Waals surface area contributed by atoms with Crippen molar-refractivity contribution in [3.8, 4) is 0 Å². The molecule has 0 saturated heterocycles. The molecule has 1 nitrogen and oxygen atoms in total. The summed E-state index contributed by atoms with van der Waals surface area (Å²) in [5.74, 6) is 7.55. The van der Waals surface area contributed by atoms with Crippen molar-refractivity contribution < 1.29 is 5.11 Å². The summed E-state index contributed by atoms with van der Waals surface area (Å²) in [5, 5.41) is 11.6. The molecule has 10 atom stereocenters. The topological polar surface area (TPSA) is 20.2 Å². The molecule has 208 valence electrons. The molecule has 0 amide bonds. The molecule has 0 bridgehead atoms. The molecule has 1 N–H and O–H groups in total. The van der Waals surface area contributed by atoms with E-state index in [-0.39, 0.29) is 6.10 Å². The predicted octanol–water partition coefficient (Wildman–Crippen LogP) is 10.2. The number of aliphatic hydroxyl groups is 1. The first-order valence-corrected chi connectivity index (χ1v) is 17.2. The van der Waals surface area contributed by atoms with Gasteiger partial charge in [-0.05, 0) is 116 Å². The summed E-state index contributed by atoms with van der Waals surface area (Å²) in [6.45, 7) is 7.43. The standard InChI is InChI=1S/C35H62O/c1-4-20-35(21-6-5-7-22-35)23-10-11-25(2)16-17-28-19-18-27-13-9-15-30(33(27)28)31-24-29-14-8-12-26(3)32(29)34(31)36/h25-34,36H,4-24H2,1-3H3. The summed E-state index contributed by atoms with van der Waals surface area (Å²) < 4.78 is 0. The van der Waals surface area contributed by atoms with Gasteiger partial charge in [0, 0.05) is 0 Å². The van der Waals surface area contributed by atoms with E-state index in [4.69, 9.17) is 0 Å². The van der Waals surface area contributed by atoms with E-state index in [9.17, 15) is 5.11 Å². The molecule has 0 radical (unpaired) electrons. The summed E-state index contributed by atoms with van der Waals surface area (Å²) in [6, 6.07) is 0. The van der Waals surface area contributed by atoms with Crippen molar-refractivity contribution in [2.24, 2.45) is 58.7 Å². The smallest absolute Gasteiger partial charge is 0.0604 e. The number of fused-ring (bicyclic) bond motifs is 2. The minimum Gasteiger partial charge on any atom is -0.393 e. The Labute approximate surface area is 225 Å². The van der Waals surface area contributed by atoms with Crippen molar-refractivity contribution in [1.29, 1.82) is 0 Å². The van der Waals surface area contributed by atoms with Crippen molar-refractivity contribution in [3.05, 3.63) is 0 Å². The van der Waals surface area contributed by atoms with Crippen LogP contribution in [0.3, 0.4) is 0 Å². The SMILES string of the molecule is CCCC1(CCCC(C)CCC2CCC3CCCC(C4CC5CCCC(C)C5C4O)C32)CCCCC1. The van der Waals surface area contributed by atoms with Crippen molar-refractivity contribution in [2.45, 2.75) is 162 Å². The maximum absolute atomic E-state index is 11.6. The summed E-state index contributed by atoms with van der Waals surface area (Å²) >= 11 is 0. The van der Waals surface area contributed by atoms with E-state index in [2.05, 4.69) is 20.8 Å². The predicted molar refractivity (Wildman–Crippen MR) is 154 cm³/mol. The molecule has 5 fully saturated rings. The minimum atomic E-state index is 0.0180. The second-order valence-electron chi connectivity index (χ2n) is 15.3. The number of aliphatic hydroxyl groups excluding tert-OH is 1. The maximum Gasteiger partial charge on any atom is 0.0604 e. The first-order valence-electron chi connectivity index (χ1n) is 17.2. The summed E-state index contributed by atoms with van der Waals surface area (Å²) in [4.78, 5) is 0. The third-order valence-corrected chi connectivity index (χ3v) is 13.1. The molecule has 0 heterocycles. The lowest BCUT2D eigenvalue weighted by molar-refractivity contribution is -0.00785. The molecule has 10 unspecified atom stereocenters. The number of rotatable bonds is 10. The zero-order valence-corrected chi connectivity index (χ0v) is 24.6.